The van der Waals surface area contributed by atoms with Crippen LogP contribution in [-0.4, -0.2) is 23.0 Å². The Labute approximate surface area is 151 Å². The summed E-state index contributed by atoms with van der Waals surface area (Å²) in [5, 5.41) is 7.69. The number of benzene rings is 1. The third kappa shape index (κ3) is 4.28. The summed E-state index contributed by atoms with van der Waals surface area (Å²) in [6.07, 6.45) is 3.05. The van der Waals surface area contributed by atoms with Gasteiger partial charge in [0.1, 0.15) is 0 Å². The van der Waals surface area contributed by atoms with Gasteiger partial charge in [-0.1, -0.05) is 0 Å². The van der Waals surface area contributed by atoms with Gasteiger partial charge in [-0.2, -0.15) is 0 Å². The van der Waals surface area contributed by atoms with E-state index in [-0.39, 0.29) is 11.7 Å². The molecule has 0 aliphatic heterocycles. The van der Waals surface area contributed by atoms with Crippen LogP contribution in [0, 0.1) is 12.7 Å². The van der Waals surface area contributed by atoms with Crippen molar-refractivity contribution in [3.63, 3.8) is 0 Å². The first-order valence-electron chi connectivity index (χ1n) is 7.26. The summed E-state index contributed by atoms with van der Waals surface area (Å²) in [5.41, 5.74) is 1.94. The number of aryl methyl sites for hydroxylation is 1. The lowest BCUT2D eigenvalue weighted by molar-refractivity contribution is -0.111. The summed E-state index contributed by atoms with van der Waals surface area (Å²) < 4.78 is 18.7. The zero-order chi connectivity index (χ0) is 17.8. The molecule has 0 fully saturated rings. The van der Waals surface area contributed by atoms with Gasteiger partial charge < -0.3 is 4.74 Å². The van der Waals surface area contributed by atoms with Gasteiger partial charge in [-0.3, -0.25) is 10.1 Å². The van der Waals surface area contributed by atoms with Crippen LogP contribution in [0.1, 0.15) is 10.7 Å². The van der Waals surface area contributed by atoms with Gasteiger partial charge in [0.25, 0.3) is 0 Å². The molecule has 0 bridgehead atoms. The van der Waals surface area contributed by atoms with E-state index in [1.54, 1.807) is 23.6 Å². The highest BCUT2D eigenvalue weighted by atomic mass is 32.1. The maximum Gasteiger partial charge on any atom is 0.250 e. The molecule has 1 aromatic carbocycles. The normalized spacial score (nSPS) is 11.0. The molecule has 2 heterocycles. The number of methoxy groups -OCH3 is 1. The second-order valence-corrected chi connectivity index (χ2v) is 6.92. The van der Waals surface area contributed by atoms with E-state index in [4.69, 9.17) is 4.74 Å². The van der Waals surface area contributed by atoms with E-state index in [1.165, 1.54) is 41.9 Å². The number of hydrogen-bond donors (Lipinski definition) is 1. The largest absolute Gasteiger partial charge is 0.494 e. The number of carbonyl (C=O) groups is 1. The van der Waals surface area contributed by atoms with Crippen LogP contribution >= 0.6 is 22.7 Å². The van der Waals surface area contributed by atoms with Crippen molar-refractivity contribution in [2.75, 3.05) is 12.4 Å². The Bertz CT molecular complexity index is 934. The second kappa shape index (κ2) is 7.54. The number of nitrogens with one attached hydrogen (secondary N) is 1. The minimum Gasteiger partial charge on any atom is -0.494 e. The number of hydrogen-bond acceptors (Lipinski definition) is 6. The topological polar surface area (TPSA) is 64.1 Å². The number of thiazole rings is 2. The molecular formula is C17H14FN3O2S2. The Morgan fingerprint density at radius 1 is 1.28 bits per heavy atom. The van der Waals surface area contributed by atoms with Crippen LogP contribution < -0.4 is 10.1 Å². The van der Waals surface area contributed by atoms with Crippen molar-refractivity contribution in [2.24, 2.45) is 0 Å². The zero-order valence-corrected chi connectivity index (χ0v) is 15.1. The molecule has 0 saturated carbocycles. The molecule has 128 valence electrons. The minimum atomic E-state index is -0.458. The summed E-state index contributed by atoms with van der Waals surface area (Å²) in [6, 6.07) is 4.61. The number of nitrogens with zero attached hydrogens (tertiary/aromatic N) is 2. The Morgan fingerprint density at radius 3 is 2.80 bits per heavy atom. The predicted octanol–water partition coefficient (Wildman–Crippen LogP) is 4.37. The molecule has 0 radical (unpaired) electrons. The van der Waals surface area contributed by atoms with Crippen molar-refractivity contribution in [3.8, 4) is 17.0 Å². The van der Waals surface area contributed by atoms with Crippen molar-refractivity contribution in [1.29, 1.82) is 0 Å². The Balaban J connectivity index is 1.68. The lowest BCUT2D eigenvalue weighted by Gasteiger charge is -2.03. The predicted molar refractivity (Wildman–Crippen MR) is 98.6 cm³/mol. The van der Waals surface area contributed by atoms with E-state index in [1.807, 2.05) is 12.3 Å². The van der Waals surface area contributed by atoms with Gasteiger partial charge in [0.2, 0.25) is 5.91 Å². The molecule has 3 aromatic rings. The standard InChI is InChI=1S/C17H14FN3O2S2/c1-10-19-12(8-24-10)4-6-16(22)21-17-20-14(9-25-17)11-3-5-15(23-2)13(18)7-11/h3-9H,1-2H3,(H,20,21,22). The smallest absolute Gasteiger partial charge is 0.250 e. The first-order chi connectivity index (χ1) is 12.0. The molecule has 1 N–H and O–H groups in total. The first-order valence-corrected chi connectivity index (χ1v) is 9.01. The SMILES string of the molecule is COc1ccc(-c2csc(NC(=O)C=Cc3csc(C)n3)n2)cc1F. The number of halogens is 1. The lowest BCUT2D eigenvalue weighted by Crippen LogP contribution is -2.07. The maximum atomic E-state index is 13.8. The number of amides is 1. The molecule has 2 aromatic heterocycles. The van der Waals surface area contributed by atoms with E-state index >= 15 is 0 Å². The number of anilines is 1. The van der Waals surface area contributed by atoms with Crippen LogP contribution in [0.2, 0.25) is 0 Å². The third-order valence-electron chi connectivity index (χ3n) is 3.22. The fraction of sp³-hybridized carbons (Fsp3) is 0.118. The van der Waals surface area contributed by atoms with E-state index in [0.29, 0.717) is 16.4 Å². The van der Waals surface area contributed by atoms with Gasteiger partial charge in [0.05, 0.1) is 23.5 Å². The van der Waals surface area contributed by atoms with Crippen molar-refractivity contribution in [1.82, 2.24) is 9.97 Å². The summed E-state index contributed by atoms with van der Waals surface area (Å²) in [7, 11) is 1.41. The quantitative estimate of drug-likeness (QED) is 0.673. The molecule has 0 aliphatic rings. The van der Waals surface area contributed by atoms with Crippen LogP contribution in [-0.2, 0) is 4.79 Å². The van der Waals surface area contributed by atoms with E-state index in [2.05, 4.69) is 15.3 Å². The molecule has 5 nitrogen and oxygen atoms in total. The highest BCUT2D eigenvalue weighted by molar-refractivity contribution is 7.14. The van der Waals surface area contributed by atoms with Crippen LogP contribution in [0.3, 0.4) is 0 Å². The minimum absolute atomic E-state index is 0.176. The van der Waals surface area contributed by atoms with Gasteiger partial charge in [0, 0.05) is 22.4 Å². The maximum absolute atomic E-state index is 13.8. The molecule has 3 rings (SSSR count). The highest BCUT2D eigenvalue weighted by Crippen LogP contribution is 2.28. The molecular weight excluding hydrogens is 361 g/mol. The van der Waals surface area contributed by atoms with Crippen molar-refractivity contribution in [3.05, 3.63) is 51.6 Å². The Hall–Kier alpha value is -2.58. The van der Waals surface area contributed by atoms with Crippen molar-refractivity contribution >= 4 is 39.8 Å². The fourth-order valence-corrected chi connectivity index (χ4v) is 3.36. The van der Waals surface area contributed by atoms with Crippen molar-refractivity contribution in [2.45, 2.75) is 6.92 Å². The summed E-state index contributed by atoms with van der Waals surface area (Å²) >= 11 is 2.79. The monoisotopic (exact) mass is 375 g/mol. The average Bonchev–Trinajstić information content (AvgIpc) is 3.22. The molecule has 8 heteroatoms. The highest BCUT2D eigenvalue weighted by Gasteiger charge is 2.09. The average molecular weight is 375 g/mol. The second-order valence-electron chi connectivity index (χ2n) is 5.00. The molecule has 0 aliphatic carbocycles. The molecule has 0 saturated heterocycles. The Morgan fingerprint density at radius 2 is 2.12 bits per heavy atom. The number of carbonyl (C=O) groups excluding carboxylic acids is 1. The summed E-state index contributed by atoms with van der Waals surface area (Å²) in [5.74, 6) is -0.581. The van der Waals surface area contributed by atoms with Gasteiger partial charge in [0.15, 0.2) is 16.7 Å². The van der Waals surface area contributed by atoms with Gasteiger partial charge in [-0.25, -0.2) is 14.4 Å². The molecule has 0 unspecified atom stereocenters. The summed E-state index contributed by atoms with van der Waals surface area (Å²) in [6.45, 7) is 1.90. The van der Waals surface area contributed by atoms with Crippen LogP contribution in [0.4, 0.5) is 9.52 Å². The summed E-state index contributed by atoms with van der Waals surface area (Å²) in [4.78, 5) is 20.5. The van der Waals surface area contributed by atoms with Gasteiger partial charge in [-0.05, 0) is 31.2 Å². The number of aromatic nitrogens is 2. The molecule has 0 atom stereocenters. The van der Waals surface area contributed by atoms with E-state index in [0.717, 1.165) is 10.7 Å². The third-order valence-corrected chi connectivity index (χ3v) is 4.77. The fourth-order valence-electron chi connectivity index (χ4n) is 2.05. The molecule has 25 heavy (non-hydrogen) atoms. The van der Waals surface area contributed by atoms with Crippen LogP contribution in [0.5, 0.6) is 5.75 Å². The molecule has 1 amide bonds. The van der Waals surface area contributed by atoms with Crippen molar-refractivity contribution < 1.29 is 13.9 Å². The lowest BCUT2D eigenvalue weighted by atomic mass is 10.1. The van der Waals surface area contributed by atoms with Crippen LogP contribution in [0.15, 0.2) is 35.0 Å². The first kappa shape index (κ1) is 17.2. The molecule has 0 spiro atoms. The van der Waals surface area contributed by atoms with Gasteiger partial charge in [-0.15, -0.1) is 22.7 Å². The van der Waals surface area contributed by atoms with E-state index < -0.39 is 5.82 Å². The van der Waals surface area contributed by atoms with Gasteiger partial charge >= 0.3 is 0 Å². The zero-order valence-electron chi connectivity index (χ0n) is 13.4. The number of rotatable bonds is 5. The van der Waals surface area contributed by atoms with Crippen LogP contribution in [0.25, 0.3) is 17.3 Å². The Kier molecular flexibility index (Phi) is 5.20. The van der Waals surface area contributed by atoms with E-state index in [9.17, 15) is 9.18 Å². The number of ether oxygens (including phenoxy) is 1.